The van der Waals surface area contributed by atoms with Crippen molar-refractivity contribution in [1.82, 2.24) is 14.9 Å². The zero-order valence-electron chi connectivity index (χ0n) is 18.0. The van der Waals surface area contributed by atoms with Crippen LogP contribution < -0.4 is 15.1 Å². The fourth-order valence-corrected chi connectivity index (χ4v) is 3.65. The molecule has 0 unspecified atom stereocenters. The predicted octanol–water partition coefficient (Wildman–Crippen LogP) is 3.03. The van der Waals surface area contributed by atoms with E-state index >= 15 is 0 Å². The van der Waals surface area contributed by atoms with Crippen molar-refractivity contribution in [3.8, 4) is 0 Å². The van der Waals surface area contributed by atoms with E-state index in [9.17, 15) is 4.79 Å². The Morgan fingerprint density at radius 3 is 2.45 bits per heavy atom. The summed E-state index contributed by atoms with van der Waals surface area (Å²) in [4.78, 5) is 28.5. The molecule has 1 aliphatic heterocycles. The minimum atomic E-state index is -0.209. The molecule has 0 bridgehead atoms. The van der Waals surface area contributed by atoms with Gasteiger partial charge in [0.25, 0.3) is 5.91 Å². The molecule has 1 saturated heterocycles. The molecule has 1 aliphatic rings. The van der Waals surface area contributed by atoms with Crippen LogP contribution in [0.25, 0.3) is 0 Å². The van der Waals surface area contributed by atoms with Gasteiger partial charge in [0, 0.05) is 56.8 Å². The molecular weight excluding hydrogens is 364 g/mol. The van der Waals surface area contributed by atoms with E-state index in [1.807, 2.05) is 19.1 Å². The second kappa shape index (κ2) is 9.69. The second-order valence-electron chi connectivity index (χ2n) is 7.29. The van der Waals surface area contributed by atoms with Gasteiger partial charge in [-0.2, -0.15) is 0 Å². The van der Waals surface area contributed by atoms with Crippen molar-refractivity contribution < 1.29 is 4.79 Å². The van der Waals surface area contributed by atoms with Crippen molar-refractivity contribution in [2.75, 3.05) is 60.9 Å². The third-order valence-corrected chi connectivity index (χ3v) is 5.56. The third-order valence-electron chi connectivity index (χ3n) is 5.56. The molecule has 1 amide bonds. The Morgan fingerprint density at radius 2 is 1.83 bits per heavy atom. The number of aryl methyl sites for hydroxylation is 1. The van der Waals surface area contributed by atoms with Gasteiger partial charge in [0.2, 0.25) is 5.95 Å². The number of aromatic nitrogens is 2. The van der Waals surface area contributed by atoms with Gasteiger partial charge in [-0.3, -0.25) is 4.79 Å². The fraction of sp³-hybridized carbons (Fsp3) is 0.500. The van der Waals surface area contributed by atoms with E-state index in [1.165, 1.54) is 5.69 Å². The lowest BCUT2D eigenvalue weighted by molar-refractivity contribution is 0.102. The van der Waals surface area contributed by atoms with Crippen molar-refractivity contribution in [3.05, 3.63) is 41.7 Å². The van der Waals surface area contributed by atoms with Crippen LogP contribution in [0.5, 0.6) is 0 Å². The number of rotatable bonds is 7. The maximum absolute atomic E-state index is 12.8. The summed E-state index contributed by atoms with van der Waals surface area (Å²) < 4.78 is 0. The lowest BCUT2D eigenvalue weighted by atomic mass is 10.1. The number of nitrogens with zero attached hydrogens (tertiary/aromatic N) is 5. The lowest BCUT2D eigenvalue weighted by Crippen LogP contribution is -2.46. The van der Waals surface area contributed by atoms with E-state index in [0.717, 1.165) is 57.1 Å². The number of hydrogen-bond acceptors (Lipinski definition) is 6. The average Bonchev–Trinajstić information content (AvgIpc) is 2.76. The maximum atomic E-state index is 12.8. The van der Waals surface area contributed by atoms with Crippen LogP contribution in [-0.4, -0.2) is 66.6 Å². The summed E-state index contributed by atoms with van der Waals surface area (Å²) in [6, 6.07) is 7.79. The first-order valence-corrected chi connectivity index (χ1v) is 10.5. The Bertz CT molecular complexity index is 828. The van der Waals surface area contributed by atoms with Gasteiger partial charge in [-0.05, 0) is 57.1 Å². The average molecular weight is 397 g/mol. The van der Waals surface area contributed by atoms with Gasteiger partial charge >= 0.3 is 0 Å². The Morgan fingerprint density at radius 1 is 1.10 bits per heavy atom. The van der Waals surface area contributed by atoms with E-state index in [2.05, 4.69) is 56.8 Å². The highest BCUT2D eigenvalue weighted by Crippen LogP contribution is 2.23. The Balaban J connectivity index is 1.70. The molecule has 2 aromatic rings. The number of likely N-dealkylation sites (N-methyl/N-ethyl adjacent to an activating group) is 1. The SMILES string of the molecule is CCN1CCN(c2nccc(C(=O)Nc3ccc(N(CC)CC)cc3C)n2)CC1. The molecule has 0 spiro atoms. The lowest BCUT2D eigenvalue weighted by Gasteiger charge is -2.34. The number of benzene rings is 1. The number of hydrogen-bond donors (Lipinski definition) is 1. The van der Waals surface area contributed by atoms with Gasteiger partial charge < -0.3 is 20.0 Å². The summed E-state index contributed by atoms with van der Waals surface area (Å²) in [5.41, 5.74) is 3.40. The van der Waals surface area contributed by atoms with Crippen LogP contribution in [0.15, 0.2) is 30.5 Å². The highest BCUT2D eigenvalue weighted by molar-refractivity contribution is 6.03. The molecule has 1 aromatic carbocycles. The van der Waals surface area contributed by atoms with E-state index in [-0.39, 0.29) is 5.91 Å². The molecule has 3 rings (SSSR count). The van der Waals surface area contributed by atoms with Crippen LogP contribution in [0.4, 0.5) is 17.3 Å². The topological polar surface area (TPSA) is 64.6 Å². The number of piperazine rings is 1. The maximum Gasteiger partial charge on any atom is 0.274 e. The third kappa shape index (κ3) is 5.03. The summed E-state index contributed by atoms with van der Waals surface area (Å²) in [6.07, 6.45) is 1.67. The molecule has 0 aliphatic carbocycles. The van der Waals surface area contributed by atoms with E-state index in [4.69, 9.17) is 0 Å². The van der Waals surface area contributed by atoms with Crippen LogP contribution >= 0.6 is 0 Å². The highest BCUT2D eigenvalue weighted by atomic mass is 16.1. The van der Waals surface area contributed by atoms with Gasteiger partial charge in [-0.1, -0.05) is 6.92 Å². The largest absolute Gasteiger partial charge is 0.372 e. The minimum Gasteiger partial charge on any atom is -0.372 e. The Kier molecular flexibility index (Phi) is 7.04. The molecule has 0 saturated carbocycles. The highest BCUT2D eigenvalue weighted by Gasteiger charge is 2.19. The quantitative estimate of drug-likeness (QED) is 0.776. The Hall–Kier alpha value is -2.67. The molecule has 0 atom stereocenters. The first-order valence-electron chi connectivity index (χ1n) is 10.5. The van der Waals surface area contributed by atoms with E-state index < -0.39 is 0 Å². The summed E-state index contributed by atoms with van der Waals surface area (Å²) in [5.74, 6) is 0.418. The fourth-order valence-electron chi connectivity index (χ4n) is 3.65. The number of carbonyl (C=O) groups is 1. The smallest absolute Gasteiger partial charge is 0.274 e. The number of carbonyl (C=O) groups excluding carboxylic acids is 1. The molecule has 29 heavy (non-hydrogen) atoms. The van der Waals surface area contributed by atoms with Crippen LogP contribution in [-0.2, 0) is 0 Å². The summed E-state index contributed by atoms with van der Waals surface area (Å²) >= 11 is 0. The van der Waals surface area contributed by atoms with Crippen molar-refractivity contribution in [2.45, 2.75) is 27.7 Å². The molecule has 7 nitrogen and oxygen atoms in total. The number of nitrogens with one attached hydrogen (secondary N) is 1. The normalized spacial score (nSPS) is 14.7. The summed E-state index contributed by atoms with van der Waals surface area (Å²) in [5, 5.41) is 3.00. The summed E-state index contributed by atoms with van der Waals surface area (Å²) in [6.45, 7) is 15.2. The van der Waals surface area contributed by atoms with Crippen LogP contribution in [0.2, 0.25) is 0 Å². The molecule has 7 heteroatoms. The zero-order chi connectivity index (χ0) is 20.8. The number of anilines is 3. The molecule has 156 valence electrons. The van der Waals surface area contributed by atoms with Crippen molar-refractivity contribution in [1.29, 1.82) is 0 Å². The van der Waals surface area contributed by atoms with Gasteiger partial charge in [0.1, 0.15) is 5.69 Å². The molecular formula is C22H32N6O. The molecule has 2 heterocycles. The van der Waals surface area contributed by atoms with Crippen LogP contribution in [0.1, 0.15) is 36.8 Å². The van der Waals surface area contributed by atoms with Crippen molar-refractivity contribution >= 4 is 23.2 Å². The van der Waals surface area contributed by atoms with Gasteiger partial charge in [-0.25, -0.2) is 9.97 Å². The second-order valence-corrected chi connectivity index (χ2v) is 7.29. The zero-order valence-corrected chi connectivity index (χ0v) is 18.0. The summed E-state index contributed by atoms with van der Waals surface area (Å²) in [7, 11) is 0. The first kappa shape index (κ1) is 21.0. The van der Waals surface area contributed by atoms with E-state index in [1.54, 1.807) is 12.3 Å². The van der Waals surface area contributed by atoms with Crippen LogP contribution in [0.3, 0.4) is 0 Å². The van der Waals surface area contributed by atoms with Crippen molar-refractivity contribution in [2.24, 2.45) is 0 Å². The van der Waals surface area contributed by atoms with Crippen LogP contribution in [0, 0.1) is 6.92 Å². The minimum absolute atomic E-state index is 0.209. The molecule has 0 radical (unpaired) electrons. The first-order chi connectivity index (χ1) is 14.0. The van der Waals surface area contributed by atoms with Gasteiger partial charge in [-0.15, -0.1) is 0 Å². The van der Waals surface area contributed by atoms with Crippen molar-refractivity contribution in [3.63, 3.8) is 0 Å². The monoisotopic (exact) mass is 396 g/mol. The molecule has 1 aromatic heterocycles. The van der Waals surface area contributed by atoms with Gasteiger partial charge in [0.15, 0.2) is 0 Å². The molecule has 1 fully saturated rings. The van der Waals surface area contributed by atoms with E-state index in [0.29, 0.717) is 11.6 Å². The predicted molar refractivity (Wildman–Crippen MR) is 119 cm³/mol. The Labute approximate surface area is 173 Å². The molecule has 1 N–H and O–H groups in total. The standard InChI is InChI=1S/C22H32N6O/c1-5-26-12-14-28(15-13-26)22-23-11-10-20(25-22)21(29)24-19-9-8-18(16-17(19)4)27(6-2)7-3/h8-11,16H,5-7,12-15H2,1-4H3,(H,24,29). The number of amides is 1. The van der Waals surface area contributed by atoms with Gasteiger partial charge in [0.05, 0.1) is 0 Å².